The zero-order chi connectivity index (χ0) is 24.8. The highest BCUT2D eigenvalue weighted by Crippen LogP contribution is 2.24. The van der Waals surface area contributed by atoms with Gasteiger partial charge in [0, 0.05) is 35.6 Å². The molecule has 0 atom stereocenters. The van der Waals surface area contributed by atoms with Gasteiger partial charge in [-0.1, -0.05) is 18.2 Å². The SMILES string of the molecule is Cc1ccc(C(=O)NCc2nc(-c3cccc(NC(=O)CCc4cccnc4)c3)oc2C)cc1C. The van der Waals surface area contributed by atoms with E-state index in [-0.39, 0.29) is 18.4 Å². The van der Waals surface area contributed by atoms with Gasteiger partial charge in [0.1, 0.15) is 11.5 Å². The summed E-state index contributed by atoms with van der Waals surface area (Å²) in [5.41, 5.74) is 5.91. The number of benzene rings is 2. The van der Waals surface area contributed by atoms with E-state index in [4.69, 9.17) is 4.42 Å². The Kier molecular flexibility index (Phi) is 7.35. The molecular formula is C28H28N4O3. The molecule has 0 saturated heterocycles. The lowest BCUT2D eigenvalue weighted by Gasteiger charge is -2.06. The van der Waals surface area contributed by atoms with Gasteiger partial charge in [-0.05, 0) is 80.3 Å². The second-order valence-corrected chi connectivity index (χ2v) is 8.49. The summed E-state index contributed by atoms with van der Waals surface area (Å²) in [7, 11) is 0. The van der Waals surface area contributed by atoms with E-state index in [1.807, 2.05) is 75.4 Å². The molecule has 178 valence electrons. The van der Waals surface area contributed by atoms with Crippen molar-refractivity contribution in [2.24, 2.45) is 0 Å². The fourth-order valence-electron chi connectivity index (χ4n) is 3.62. The number of aromatic nitrogens is 2. The monoisotopic (exact) mass is 468 g/mol. The quantitative estimate of drug-likeness (QED) is 0.372. The van der Waals surface area contributed by atoms with Crippen LogP contribution < -0.4 is 10.6 Å². The van der Waals surface area contributed by atoms with E-state index >= 15 is 0 Å². The number of nitrogens with zero attached hydrogens (tertiary/aromatic N) is 2. The molecule has 2 aromatic heterocycles. The van der Waals surface area contributed by atoms with Gasteiger partial charge in [0.2, 0.25) is 11.8 Å². The van der Waals surface area contributed by atoms with Crippen LogP contribution in [0.25, 0.3) is 11.5 Å². The van der Waals surface area contributed by atoms with Gasteiger partial charge in [0.25, 0.3) is 5.91 Å². The van der Waals surface area contributed by atoms with E-state index < -0.39 is 0 Å². The number of anilines is 1. The molecule has 2 amide bonds. The van der Waals surface area contributed by atoms with Crippen molar-refractivity contribution >= 4 is 17.5 Å². The van der Waals surface area contributed by atoms with Gasteiger partial charge in [-0.2, -0.15) is 0 Å². The highest BCUT2D eigenvalue weighted by Gasteiger charge is 2.14. The van der Waals surface area contributed by atoms with Gasteiger partial charge in [-0.15, -0.1) is 0 Å². The van der Waals surface area contributed by atoms with Crippen LogP contribution in [0.2, 0.25) is 0 Å². The van der Waals surface area contributed by atoms with Crippen LogP contribution in [0.1, 0.15) is 44.9 Å². The molecule has 0 fully saturated rings. The fourth-order valence-corrected chi connectivity index (χ4v) is 3.62. The number of hydrogen-bond acceptors (Lipinski definition) is 5. The lowest BCUT2D eigenvalue weighted by atomic mass is 10.1. The number of hydrogen-bond donors (Lipinski definition) is 2. The molecule has 2 heterocycles. The zero-order valence-corrected chi connectivity index (χ0v) is 20.1. The average Bonchev–Trinajstić information content (AvgIpc) is 3.24. The maximum atomic E-state index is 12.5. The van der Waals surface area contributed by atoms with Crippen LogP contribution in [0.5, 0.6) is 0 Å². The fraction of sp³-hybridized carbons (Fsp3) is 0.214. The van der Waals surface area contributed by atoms with Gasteiger partial charge in [-0.25, -0.2) is 4.98 Å². The Labute approximate surface area is 204 Å². The summed E-state index contributed by atoms with van der Waals surface area (Å²) in [5, 5.41) is 5.83. The first-order valence-corrected chi connectivity index (χ1v) is 11.5. The van der Waals surface area contributed by atoms with Crippen LogP contribution in [0.15, 0.2) is 71.4 Å². The largest absolute Gasteiger partial charge is 0.441 e. The molecule has 0 bridgehead atoms. The summed E-state index contributed by atoms with van der Waals surface area (Å²) in [5.74, 6) is 0.827. The Hall–Kier alpha value is -4.26. The minimum atomic E-state index is -0.159. The van der Waals surface area contributed by atoms with Crippen molar-refractivity contribution in [2.45, 2.75) is 40.2 Å². The molecule has 0 unspecified atom stereocenters. The van der Waals surface area contributed by atoms with Crippen molar-refractivity contribution in [1.29, 1.82) is 0 Å². The molecule has 4 aromatic rings. The van der Waals surface area contributed by atoms with E-state index in [9.17, 15) is 9.59 Å². The number of carbonyl (C=O) groups excluding carboxylic acids is 2. The zero-order valence-electron chi connectivity index (χ0n) is 20.1. The number of nitrogens with one attached hydrogen (secondary N) is 2. The summed E-state index contributed by atoms with van der Waals surface area (Å²) < 4.78 is 5.86. The van der Waals surface area contributed by atoms with Gasteiger partial charge in [0.15, 0.2) is 0 Å². The summed E-state index contributed by atoms with van der Waals surface area (Å²) in [6.45, 7) is 6.07. The molecule has 0 radical (unpaired) electrons. The van der Waals surface area contributed by atoms with Gasteiger partial charge >= 0.3 is 0 Å². The Balaban J connectivity index is 1.38. The van der Waals surface area contributed by atoms with Crippen LogP contribution in [-0.4, -0.2) is 21.8 Å². The lowest BCUT2D eigenvalue weighted by molar-refractivity contribution is -0.116. The highest BCUT2D eigenvalue weighted by molar-refractivity contribution is 5.94. The highest BCUT2D eigenvalue weighted by atomic mass is 16.4. The molecule has 0 saturated carbocycles. The molecule has 0 aliphatic carbocycles. The molecule has 0 aliphatic rings. The first kappa shape index (κ1) is 23.9. The normalized spacial score (nSPS) is 10.7. The topological polar surface area (TPSA) is 97.1 Å². The molecule has 4 rings (SSSR count). The Morgan fingerprint density at radius 3 is 2.60 bits per heavy atom. The maximum Gasteiger partial charge on any atom is 0.251 e. The molecular weight excluding hydrogens is 440 g/mol. The maximum absolute atomic E-state index is 12.5. The van der Waals surface area contributed by atoms with Crippen molar-refractivity contribution < 1.29 is 14.0 Å². The van der Waals surface area contributed by atoms with Crippen molar-refractivity contribution in [3.8, 4) is 11.5 Å². The molecule has 0 spiro atoms. The Morgan fingerprint density at radius 1 is 0.971 bits per heavy atom. The van der Waals surface area contributed by atoms with Crippen molar-refractivity contribution in [3.63, 3.8) is 0 Å². The number of rotatable bonds is 8. The Bertz CT molecular complexity index is 1350. The van der Waals surface area contributed by atoms with Crippen LogP contribution in [0.4, 0.5) is 5.69 Å². The second kappa shape index (κ2) is 10.8. The number of carbonyl (C=O) groups is 2. The second-order valence-electron chi connectivity index (χ2n) is 8.49. The molecule has 2 N–H and O–H groups in total. The van der Waals surface area contributed by atoms with E-state index in [0.717, 1.165) is 22.3 Å². The van der Waals surface area contributed by atoms with E-state index in [0.29, 0.717) is 41.4 Å². The number of pyridine rings is 1. The minimum absolute atomic E-state index is 0.0793. The third-order valence-corrected chi connectivity index (χ3v) is 5.83. The predicted octanol–water partition coefficient (Wildman–Crippen LogP) is 5.16. The third kappa shape index (κ3) is 6.20. The van der Waals surface area contributed by atoms with E-state index in [2.05, 4.69) is 20.6 Å². The van der Waals surface area contributed by atoms with Crippen molar-refractivity contribution in [2.75, 3.05) is 5.32 Å². The standard InChI is InChI=1S/C28H28N4O3/c1-18-9-11-22(14-19(18)2)27(34)30-17-25-20(3)35-28(32-25)23-7-4-8-24(15-23)31-26(33)12-10-21-6-5-13-29-16-21/h4-9,11,13-16H,10,12,17H2,1-3H3,(H,30,34)(H,31,33). The van der Waals surface area contributed by atoms with Gasteiger partial charge in [0.05, 0.1) is 6.54 Å². The third-order valence-electron chi connectivity index (χ3n) is 5.83. The first-order chi connectivity index (χ1) is 16.9. The van der Waals surface area contributed by atoms with Crippen molar-refractivity contribution in [1.82, 2.24) is 15.3 Å². The summed E-state index contributed by atoms with van der Waals surface area (Å²) in [6, 6.07) is 16.8. The molecule has 2 aromatic carbocycles. The van der Waals surface area contributed by atoms with Crippen LogP contribution in [0.3, 0.4) is 0 Å². The van der Waals surface area contributed by atoms with E-state index in [1.54, 1.807) is 12.4 Å². The summed E-state index contributed by atoms with van der Waals surface area (Å²) >= 11 is 0. The average molecular weight is 469 g/mol. The molecule has 35 heavy (non-hydrogen) atoms. The van der Waals surface area contributed by atoms with Crippen molar-refractivity contribution in [3.05, 3.63) is 101 Å². The smallest absolute Gasteiger partial charge is 0.251 e. The molecule has 7 nitrogen and oxygen atoms in total. The Morgan fingerprint density at radius 2 is 1.83 bits per heavy atom. The van der Waals surface area contributed by atoms with Crippen LogP contribution in [-0.2, 0) is 17.8 Å². The van der Waals surface area contributed by atoms with E-state index in [1.165, 1.54) is 0 Å². The number of aryl methyl sites for hydroxylation is 4. The van der Waals surface area contributed by atoms with Gasteiger partial charge in [-0.3, -0.25) is 14.6 Å². The number of oxazole rings is 1. The molecule has 7 heteroatoms. The molecule has 0 aliphatic heterocycles. The van der Waals surface area contributed by atoms with Crippen LogP contribution in [0, 0.1) is 20.8 Å². The lowest BCUT2D eigenvalue weighted by Crippen LogP contribution is -2.23. The number of amides is 2. The summed E-state index contributed by atoms with van der Waals surface area (Å²) in [6.07, 6.45) is 4.46. The minimum Gasteiger partial charge on any atom is -0.441 e. The van der Waals surface area contributed by atoms with Gasteiger partial charge < -0.3 is 15.1 Å². The first-order valence-electron chi connectivity index (χ1n) is 11.5. The predicted molar refractivity (Wildman–Crippen MR) is 135 cm³/mol. The van der Waals surface area contributed by atoms with Crippen LogP contribution >= 0.6 is 0 Å². The summed E-state index contributed by atoms with van der Waals surface area (Å²) in [4.78, 5) is 33.6.